The van der Waals surface area contributed by atoms with Crippen LogP contribution < -0.4 is 15.4 Å². The van der Waals surface area contributed by atoms with Crippen molar-refractivity contribution in [2.45, 2.75) is 0 Å². The first-order chi connectivity index (χ1) is 9.04. The molecule has 100 valence electrons. The van der Waals surface area contributed by atoms with E-state index < -0.39 is 11.6 Å². The summed E-state index contributed by atoms with van der Waals surface area (Å²) in [6, 6.07) is 8.99. The molecule has 2 aromatic carbocycles. The third-order valence-corrected chi connectivity index (χ3v) is 2.91. The van der Waals surface area contributed by atoms with Gasteiger partial charge in [0, 0.05) is 18.8 Å². The average Bonchev–Trinajstić information content (AvgIpc) is 2.41. The topological polar surface area (TPSA) is 38.5 Å². The third-order valence-electron chi connectivity index (χ3n) is 2.91. The summed E-state index contributed by atoms with van der Waals surface area (Å²) >= 11 is 0. The molecule has 0 aliphatic carbocycles. The molecule has 0 amide bonds. The second-order valence-electron chi connectivity index (χ2n) is 4.05. The Hall–Kier alpha value is -2.30. The lowest BCUT2D eigenvalue weighted by atomic mass is 10.2. The quantitative estimate of drug-likeness (QED) is 0.864. The Kier molecular flexibility index (Phi) is 3.55. The molecule has 5 heteroatoms. The summed E-state index contributed by atoms with van der Waals surface area (Å²) < 4.78 is 31.9. The van der Waals surface area contributed by atoms with Crippen molar-refractivity contribution in [1.82, 2.24) is 0 Å². The van der Waals surface area contributed by atoms with Gasteiger partial charge in [0.05, 0.1) is 18.5 Å². The Morgan fingerprint density at radius 2 is 1.84 bits per heavy atom. The van der Waals surface area contributed by atoms with Crippen molar-refractivity contribution < 1.29 is 13.5 Å². The van der Waals surface area contributed by atoms with Crippen LogP contribution in [0.15, 0.2) is 36.4 Å². The van der Waals surface area contributed by atoms with E-state index in [0.29, 0.717) is 11.4 Å². The first-order valence-corrected chi connectivity index (χ1v) is 5.66. The molecule has 0 unspecified atom stereocenters. The number of methoxy groups -OCH3 is 1. The molecular weight excluding hydrogens is 250 g/mol. The molecule has 0 heterocycles. The van der Waals surface area contributed by atoms with Crippen LogP contribution in [0.3, 0.4) is 0 Å². The van der Waals surface area contributed by atoms with E-state index >= 15 is 0 Å². The smallest absolute Gasteiger partial charge is 0.167 e. The summed E-state index contributed by atoms with van der Waals surface area (Å²) in [5, 5.41) is 0. The molecule has 2 rings (SSSR count). The van der Waals surface area contributed by atoms with Crippen molar-refractivity contribution >= 4 is 17.1 Å². The van der Waals surface area contributed by atoms with Crippen molar-refractivity contribution in [2.24, 2.45) is 0 Å². The Balaban J connectivity index is 2.41. The maximum atomic E-state index is 13.6. The first kappa shape index (κ1) is 13.1. The lowest BCUT2D eigenvalue weighted by Crippen LogP contribution is -2.12. The van der Waals surface area contributed by atoms with Crippen molar-refractivity contribution in [3.63, 3.8) is 0 Å². The second-order valence-corrected chi connectivity index (χ2v) is 4.05. The zero-order valence-corrected chi connectivity index (χ0v) is 10.7. The van der Waals surface area contributed by atoms with Gasteiger partial charge >= 0.3 is 0 Å². The number of rotatable bonds is 3. The van der Waals surface area contributed by atoms with Gasteiger partial charge in [-0.3, -0.25) is 0 Å². The number of nitrogen functional groups attached to an aromatic ring is 1. The maximum absolute atomic E-state index is 13.6. The Morgan fingerprint density at radius 1 is 1.11 bits per heavy atom. The minimum atomic E-state index is -0.502. The summed E-state index contributed by atoms with van der Waals surface area (Å²) in [7, 11) is 3.08. The normalized spacial score (nSPS) is 10.3. The van der Waals surface area contributed by atoms with Gasteiger partial charge < -0.3 is 15.4 Å². The zero-order valence-electron chi connectivity index (χ0n) is 10.7. The largest absolute Gasteiger partial charge is 0.494 e. The molecular formula is C14H14F2N2O. The van der Waals surface area contributed by atoms with Crippen molar-refractivity contribution in [3.8, 4) is 5.75 Å². The minimum Gasteiger partial charge on any atom is -0.494 e. The number of hydrogen-bond donors (Lipinski definition) is 1. The van der Waals surface area contributed by atoms with Crippen molar-refractivity contribution in [1.29, 1.82) is 0 Å². The van der Waals surface area contributed by atoms with Gasteiger partial charge in [-0.25, -0.2) is 8.78 Å². The van der Waals surface area contributed by atoms with Gasteiger partial charge in [0.15, 0.2) is 11.6 Å². The lowest BCUT2D eigenvalue weighted by molar-refractivity contribution is 0.386. The highest BCUT2D eigenvalue weighted by molar-refractivity contribution is 5.74. The summed E-state index contributed by atoms with van der Waals surface area (Å²) in [4.78, 5) is 1.61. The number of para-hydroxylation sites is 1. The van der Waals surface area contributed by atoms with E-state index in [1.165, 1.54) is 25.3 Å². The fraction of sp³-hybridized carbons (Fsp3) is 0.143. The molecule has 0 spiro atoms. The van der Waals surface area contributed by atoms with Crippen LogP contribution in [0.1, 0.15) is 0 Å². The highest BCUT2D eigenvalue weighted by Crippen LogP contribution is 2.32. The highest BCUT2D eigenvalue weighted by Gasteiger charge is 2.12. The maximum Gasteiger partial charge on any atom is 0.167 e. The fourth-order valence-corrected chi connectivity index (χ4v) is 1.82. The van der Waals surface area contributed by atoms with Crippen LogP contribution in [-0.4, -0.2) is 14.2 Å². The van der Waals surface area contributed by atoms with E-state index in [1.807, 2.05) is 0 Å². The average molecular weight is 264 g/mol. The number of ether oxygens (including phenoxy) is 1. The van der Waals surface area contributed by atoms with Crippen LogP contribution in [0.4, 0.5) is 25.8 Å². The zero-order chi connectivity index (χ0) is 14.0. The number of halogens is 2. The molecule has 0 aromatic heterocycles. The number of hydrogen-bond acceptors (Lipinski definition) is 3. The van der Waals surface area contributed by atoms with Crippen LogP contribution in [0.5, 0.6) is 5.75 Å². The van der Waals surface area contributed by atoms with Crippen LogP contribution in [0.25, 0.3) is 0 Å². The molecule has 0 bridgehead atoms. The fourth-order valence-electron chi connectivity index (χ4n) is 1.82. The molecule has 0 saturated heterocycles. The first-order valence-electron chi connectivity index (χ1n) is 5.66. The van der Waals surface area contributed by atoms with Gasteiger partial charge in [0.1, 0.15) is 5.82 Å². The SMILES string of the molecule is COc1ccc(N(C)c2cccc(F)c2N)cc1F. The van der Waals surface area contributed by atoms with Crippen molar-refractivity contribution in [2.75, 3.05) is 24.8 Å². The molecule has 0 atom stereocenters. The summed E-state index contributed by atoms with van der Waals surface area (Å²) in [6.07, 6.45) is 0. The molecule has 2 aromatic rings. The predicted octanol–water partition coefficient (Wildman–Crippen LogP) is 3.32. The molecule has 0 fully saturated rings. The molecule has 0 radical (unpaired) electrons. The van der Waals surface area contributed by atoms with Gasteiger partial charge in [0.2, 0.25) is 0 Å². The van der Waals surface area contributed by atoms with Crippen LogP contribution in [0.2, 0.25) is 0 Å². The van der Waals surface area contributed by atoms with E-state index in [2.05, 4.69) is 0 Å². The monoisotopic (exact) mass is 264 g/mol. The molecule has 2 N–H and O–H groups in total. The number of nitrogens with zero attached hydrogens (tertiary/aromatic N) is 1. The molecule has 0 saturated carbocycles. The Labute approximate surface area is 110 Å². The van der Waals surface area contributed by atoms with E-state index in [9.17, 15) is 8.78 Å². The second kappa shape index (κ2) is 5.14. The minimum absolute atomic E-state index is 0.0289. The van der Waals surface area contributed by atoms with Gasteiger partial charge in [-0.2, -0.15) is 0 Å². The number of anilines is 3. The standard InChI is InChI=1S/C14H14F2N2O/c1-18(12-5-3-4-10(15)14(12)17)9-6-7-13(19-2)11(16)8-9/h3-8H,17H2,1-2H3. The van der Waals surface area contributed by atoms with Crippen LogP contribution >= 0.6 is 0 Å². The Morgan fingerprint density at radius 3 is 2.47 bits per heavy atom. The summed E-state index contributed by atoms with van der Waals surface area (Å²) in [5.41, 5.74) is 6.74. The molecule has 0 aliphatic rings. The number of nitrogens with two attached hydrogens (primary N) is 1. The van der Waals surface area contributed by atoms with Gasteiger partial charge in [-0.05, 0) is 24.3 Å². The van der Waals surface area contributed by atoms with Crippen LogP contribution in [0, 0.1) is 11.6 Å². The van der Waals surface area contributed by atoms with E-state index in [-0.39, 0.29) is 11.4 Å². The van der Waals surface area contributed by atoms with Gasteiger partial charge in [0.25, 0.3) is 0 Å². The molecule has 3 nitrogen and oxygen atoms in total. The third kappa shape index (κ3) is 2.45. The van der Waals surface area contributed by atoms with Gasteiger partial charge in [-0.15, -0.1) is 0 Å². The molecule has 0 aliphatic heterocycles. The van der Waals surface area contributed by atoms with Gasteiger partial charge in [-0.1, -0.05) is 6.07 Å². The predicted molar refractivity (Wildman–Crippen MR) is 71.8 cm³/mol. The van der Waals surface area contributed by atoms with Crippen molar-refractivity contribution in [3.05, 3.63) is 48.0 Å². The lowest BCUT2D eigenvalue weighted by Gasteiger charge is -2.21. The van der Waals surface area contributed by atoms with E-state index in [1.54, 1.807) is 30.1 Å². The summed E-state index contributed by atoms with van der Waals surface area (Å²) in [5.74, 6) is -0.829. The Bertz CT molecular complexity index is 602. The highest BCUT2D eigenvalue weighted by atomic mass is 19.1. The van der Waals surface area contributed by atoms with E-state index in [0.717, 1.165) is 0 Å². The summed E-state index contributed by atoms with van der Waals surface area (Å²) in [6.45, 7) is 0. The van der Waals surface area contributed by atoms with E-state index in [4.69, 9.17) is 10.5 Å². The number of benzene rings is 2. The van der Waals surface area contributed by atoms with Crippen LogP contribution in [-0.2, 0) is 0 Å². The molecule has 19 heavy (non-hydrogen) atoms.